The molecule has 0 radical (unpaired) electrons. The van der Waals surface area contributed by atoms with E-state index in [1.54, 1.807) is 24.0 Å². The van der Waals surface area contributed by atoms with E-state index < -0.39 is 6.04 Å². The van der Waals surface area contributed by atoms with Gasteiger partial charge in [-0.15, -0.1) is 0 Å². The number of nitrogens with one attached hydrogen (secondary N) is 1. The Hall–Kier alpha value is -1.82. The summed E-state index contributed by atoms with van der Waals surface area (Å²) in [6.45, 7) is 5.65. The van der Waals surface area contributed by atoms with Gasteiger partial charge in [-0.2, -0.15) is 0 Å². The second kappa shape index (κ2) is 5.66. The second-order valence-corrected chi connectivity index (χ2v) is 5.70. The molecule has 2 unspecified atom stereocenters. The number of hydrogen-bond donors (Lipinski definition) is 2. The molecule has 2 amide bonds. The maximum atomic E-state index is 12.3. The fourth-order valence-electron chi connectivity index (χ4n) is 2.39. The van der Waals surface area contributed by atoms with Crippen molar-refractivity contribution in [3.63, 3.8) is 0 Å². The molecule has 2 rings (SSSR count). The van der Waals surface area contributed by atoms with Crippen molar-refractivity contribution in [1.29, 1.82) is 0 Å². The molecule has 2 heterocycles. The van der Waals surface area contributed by atoms with Gasteiger partial charge in [-0.25, -0.2) is 0 Å². The molecule has 1 fully saturated rings. The number of nitrogens with two attached hydrogens (primary N) is 1. The number of carbonyl (C=O) groups excluding carboxylic acids is 2. The molecule has 1 aromatic heterocycles. The van der Waals surface area contributed by atoms with Crippen LogP contribution < -0.4 is 11.1 Å². The zero-order chi connectivity index (χ0) is 14.8. The van der Waals surface area contributed by atoms with Crippen LogP contribution in [-0.2, 0) is 4.79 Å². The van der Waals surface area contributed by atoms with Gasteiger partial charge >= 0.3 is 0 Å². The fraction of sp³-hybridized carbons (Fsp3) is 0.571. The fourth-order valence-corrected chi connectivity index (χ4v) is 2.39. The van der Waals surface area contributed by atoms with Gasteiger partial charge in [0.1, 0.15) is 6.04 Å². The number of carbonyl (C=O) groups is 2. The number of amides is 2. The lowest BCUT2D eigenvalue weighted by molar-refractivity contribution is -0.132. The molecule has 1 aliphatic heterocycles. The molecule has 20 heavy (non-hydrogen) atoms. The van der Waals surface area contributed by atoms with E-state index in [2.05, 4.69) is 12.2 Å². The summed E-state index contributed by atoms with van der Waals surface area (Å²) in [6, 6.07) is 2.62. The summed E-state index contributed by atoms with van der Waals surface area (Å²) in [7, 11) is 0. The summed E-state index contributed by atoms with van der Waals surface area (Å²) in [5, 5.41) is 2.65. The van der Waals surface area contributed by atoms with E-state index in [1.165, 1.54) is 6.26 Å². The topological polar surface area (TPSA) is 88.6 Å². The highest BCUT2D eigenvalue weighted by Crippen LogP contribution is 2.28. The summed E-state index contributed by atoms with van der Waals surface area (Å²) in [5.41, 5.74) is 5.72. The molecule has 6 nitrogen and oxygen atoms in total. The average Bonchev–Trinajstić information content (AvgIpc) is 3.07. The molecule has 6 heteroatoms. The molecule has 0 bridgehead atoms. The lowest BCUT2D eigenvalue weighted by Gasteiger charge is -2.24. The number of nitrogens with zero attached hydrogens (tertiary/aromatic N) is 1. The molecule has 2 atom stereocenters. The van der Waals surface area contributed by atoms with E-state index >= 15 is 0 Å². The van der Waals surface area contributed by atoms with Gasteiger partial charge in [0.15, 0.2) is 5.76 Å². The van der Waals surface area contributed by atoms with Gasteiger partial charge in [0, 0.05) is 13.1 Å². The van der Waals surface area contributed by atoms with Gasteiger partial charge < -0.3 is 20.4 Å². The van der Waals surface area contributed by atoms with Crippen molar-refractivity contribution in [2.75, 3.05) is 19.6 Å². The van der Waals surface area contributed by atoms with Crippen molar-refractivity contribution in [2.24, 2.45) is 11.1 Å². The van der Waals surface area contributed by atoms with Crippen LogP contribution in [0.2, 0.25) is 0 Å². The van der Waals surface area contributed by atoms with Crippen LogP contribution in [0.25, 0.3) is 0 Å². The van der Waals surface area contributed by atoms with Crippen LogP contribution in [-0.4, -0.2) is 42.4 Å². The molecular weight excluding hydrogens is 258 g/mol. The van der Waals surface area contributed by atoms with Crippen LogP contribution in [0, 0.1) is 5.41 Å². The Labute approximate surface area is 118 Å². The van der Waals surface area contributed by atoms with Gasteiger partial charge in [0.25, 0.3) is 5.91 Å². The first-order chi connectivity index (χ1) is 9.45. The first-order valence-electron chi connectivity index (χ1n) is 6.78. The molecule has 0 aliphatic carbocycles. The SMILES string of the molecule is CC(NC(=O)c1ccco1)C(=O)N1CCC(C)(CN)C1. The summed E-state index contributed by atoms with van der Waals surface area (Å²) in [6.07, 6.45) is 2.32. The molecule has 1 aliphatic rings. The smallest absolute Gasteiger partial charge is 0.287 e. The summed E-state index contributed by atoms with van der Waals surface area (Å²) < 4.78 is 5.00. The van der Waals surface area contributed by atoms with E-state index in [0.29, 0.717) is 19.6 Å². The largest absolute Gasteiger partial charge is 0.459 e. The van der Waals surface area contributed by atoms with Crippen molar-refractivity contribution in [1.82, 2.24) is 10.2 Å². The van der Waals surface area contributed by atoms with Crippen LogP contribution in [0.15, 0.2) is 22.8 Å². The summed E-state index contributed by atoms with van der Waals surface area (Å²) in [4.78, 5) is 25.9. The summed E-state index contributed by atoms with van der Waals surface area (Å²) in [5.74, 6) is -0.253. The Morgan fingerprint density at radius 2 is 2.35 bits per heavy atom. The molecule has 3 N–H and O–H groups in total. The third-order valence-electron chi connectivity index (χ3n) is 3.83. The van der Waals surface area contributed by atoms with E-state index in [-0.39, 0.29) is 23.0 Å². The average molecular weight is 279 g/mol. The number of furan rings is 1. The molecule has 0 aromatic carbocycles. The van der Waals surface area contributed by atoms with Gasteiger partial charge in [0.2, 0.25) is 5.91 Å². The predicted molar refractivity (Wildman–Crippen MR) is 74.0 cm³/mol. The molecule has 0 spiro atoms. The highest BCUT2D eigenvalue weighted by Gasteiger charge is 2.36. The maximum absolute atomic E-state index is 12.3. The Morgan fingerprint density at radius 1 is 1.60 bits per heavy atom. The lowest BCUT2D eigenvalue weighted by Crippen LogP contribution is -2.47. The molecular formula is C14H21N3O3. The Kier molecular flexibility index (Phi) is 4.13. The third kappa shape index (κ3) is 3.01. The first kappa shape index (κ1) is 14.6. The van der Waals surface area contributed by atoms with Crippen LogP contribution in [0.1, 0.15) is 30.8 Å². The molecule has 110 valence electrons. The van der Waals surface area contributed by atoms with Crippen molar-refractivity contribution >= 4 is 11.8 Å². The molecule has 1 aromatic rings. The van der Waals surface area contributed by atoms with Crippen molar-refractivity contribution in [2.45, 2.75) is 26.3 Å². The van der Waals surface area contributed by atoms with Crippen LogP contribution in [0.3, 0.4) is 0 Å². The second-order valence-electron chi connectivity index (χ2n) is 5.70. The number of rotatable bonds is 4. The van der Waals surface area contributed by atoms with Crippen LogP contribution in [0.4, 0.5) is 0 Å². The van der Waals surface area contributed by atoms with Gasteiger partial charge in [0.05, 0.1) is 6.26 Å². The molecule has 0 saturated carbocycles. The zero-order valence-electron chi connectivity index (χ0n) is 11.9. The van der Waals surface area contributed by atoms with Crippen molar-refractivity contribution in [3.8, 4) is 0 Å². The van der Waals surface area contributed by atoms with Crippen LogP contribution >= 0.6 is 0 Å². The van der Waals surface area contributed by atoms with E-state index in [0.717, 1.165) is 6.42 Å². The third-order valence-corrected chi connectivity index (χ3v) is 3.83. The van der Waals surface area contributed by atoms with Crippen molar-refractivity contribution < 1.29 is 14.0 Å². The highest BCUT2D eigenvalue weighted by atomic mass is 16.3. The Bertz CT molecular complexity index is 486. The lowest BCUT2D eigenvalue weighted by atomic mass is 9.90. The highest BCUT2D eigenvalue weighted by molar-refractivity contribution is 5.95. The minimum Gasteiger partial charge on any atom is -0.459 e. The standard InChI is InChI=1S/C14H21N3O3/c1-10(16-12(18)11-4-3-7-20-11)13(19)17-6-5-14(2,8-15)9-17/h3-4,7,10H,5-6,8-9,15H2,1-2H3,(H,16,18). The van der Waals surface area contributed by atoms with E-state index in [4.69, 9.17) is 10.2 Å². The van der Waals surface area contributed by atoms with E-state index in [9.17, 15) is 9.59 Å². The minimum atomic E-state index is -0.576. The number of likely N-dealkylation sites (tertiary alicyclic amines) is 1. The number of hydrogen-bond acceptors (Lipinski definition) is 4. The summed E-state index contributed by atoms with van der Waals surface area (Å²) >= 11 is 0. The quantitative estimate of drug-likeness (QED) is 0.844. The maximum Gasteiger partial charge on any atom is 0.287 e. The Balaban J connectivity index is 1.91. The molecule has 1 saturated heterocycles. The first-order valence-corrected chi connectivity index (χ1v) is 6.78. The predicted octanol–water partition coefficient (Wildman–Crippen LogP) is 0.595. The van der Waals surface area contributed by atoms with E-state index in [1.807, 2.05) is 0 Å². The van der Waals surface area contributed by atoms with Gasteiger partial charge in [-0.05, 0) is 37.4 Å². The minimum absolute atomic E-state index is 0.0135. The Morgan fingerprint density at radius 3 is 2.90 bits per heavy atom. The van der Waals surface area contributed by atoms with Gasteiger partial charge in [-0.3, -0.25) is 9.59 Å². The monoisotopic (exact) mass is 279 g/mol. The van der Waals surface area contributed by atoms with Gasteiger partial charge in [-0.1, -0.05) is 6.92 Å². The normalized spacial score (nSPS) is 23.6. The van der Waals surface area contributed by atoms with Crippen LogP contribution in [0.5, 0.6) is 0 Å². The zero-order valence-corrected chi connectivity index (χ0v) is 11.9. The van der Waals surface area contributed by atoms with Crippen molar-refractivity contribution in [3.05, 3.63) is 24.2 Å².